The summed E-state index contributed by atoms with van der Waals surface area (Å²) in [6, 6.07) is 26.4. The molecule has 0 radical (unpaired) electrons. The highest BCUT2D eigenvalue weighted by molar-refractivity contribution is 5.68. The fourth-order valence-corrected chi connectivity index (χ4v) is 3.64. The summed E-state index contributed by atoms with van der Waals surface area (Å²) >= 11 is 0. The van der Waals surface area contributed by atoms with Crippen LogP contribution in [-0.4, -0.2) is 9.97 Å². The van der Waals surface area contributed by atoms with Crippen molar-refractivity contribution in [3.63, 3.8) is 0 Å². The molecule has 5 aromatic rings. The van der Waals surface area contributed by atoms with Crippen LogP contribution in [0.15, 0.2) is 100 Å². The van der Waals surface area contributed by atoms with E-state index in [1.54, 1.807) is 6.26 Å². The van der Waals surface area contributed by atoms with Crippen molar-refractivity contribution in [2.45, 2.75) is 53.9 Å². The Morgan fingerprint density at radius 1 is 0.778 bits per heavy atom. The first-order valence-corrected chi connectivity index (χ1v) is 12.4. The number of hydrogen-bond donors (Lipinski definition) is 0. The van der Waals surface area contributed by atoms with E-state index in [-0.39, 0.29) is 0 Å². The third-order valence-electron chi connectivity index (χ3n) is 5.91. The first-order chi connectivity index (χ1) is 17.4. The second-order valence-corrected chi connectivity index (χ2v) is 8.88. The second kappa shape index (κ2) is 13.2. The molecular weight excluding hydrogens is 444 g/mol. The van der Waals surface area contributed by atoms with Gasteiger partial charge in [-0.05, 0) is 88.1 Å². The van der Waals surface area contributed by atoms with Gasteiger partial charge in [-0.3, -0.25) is 9.97 Å². The molecule has 1 aromatic carbocycles. The lowest BCUT2D eigenvalue weighted by atomic mass is 9.99. The molecule has 4 nitrogen and oxygen atoms in total. The predicted octanol–water partition coefficient (Wildman–Crippen LogP) is 9.12. The molecule has 0 aliphatic rings. The van der Waals surface area contributed by atoms with Gasteiger partial charge in [-0.2, -0.15) is 0 Å². The lowest BCUT2D eigenvalue weighted by Gasteiger charge is -2.06. The van der Waals surface area contributed by atoms with Crippen molar-refractivity contribution in [2.24, 2.45) is 0 Å². The Balaban J connectivity index is 0.000000169. The molecule has 0 N–H and O–H groups in total. The largest absolute Gasteiger partial charge is 0.464 e. The van der Waals surface area contributed by atoms with Crippen molar-refractivity contribution in [3.05, 3.63) is 120 Å². The number of aromatic nitrogens is 2. The van der Waals surface area contributed by atoms with Gasteiger partial charge in [-0.1, -0.05) is 50.2 Å². The SMILES string of the molecule is CC[C@H](C)c1ccccc1.Cc1ccc(-c2cc(-c3ccco3)cnc2C)o1.Cc1cccc(C)n1. The fourth-order valence-electron chi connectivity index (χ4n) is 3.64. The van der Waals surface area contributed by atoms with Crippen LogP contribution in [0.25, 0.3) is 22.6 Å². The summed E-state index contributed by atoms with van der Waals surface area (Å²) in [6.07, 6.45) is 4.70. The van der Waals surface area contributed by atoms with Gasteiger partial charge >= 0.3 is 0 Å². The molecule has 0 aliphatic carbocycles. The van der Waals surface area contributed by atoms with Gasteiger partial charge < -0.3 is 8.83 Å². The van der Waals surface area contributed by atoms with E-state index in [0.717, 1.165) is 45.5 Å². The monoisotopic (exact) mass is 480 g/mol. The molecule has 0 saturated heterocycles. The maximum absolute atomic E-state index is 5.65. The van der Waals surface area contributed by atoms with Crippen LogP contribution in [0.1, 0.15) is 54.6 Å². The van der Waals surface area contributed by atoms with Crippen molar-refractivity contribution in [3.8, 4) is 22.6 Å². The molecule has 5 rings (SSSR count). The molecule has 0 spiro atoms. The van der Waals surface area contributed by atoms with E-state index in [0.29, 0.717) is 5.92 Å². The summed E-state index contributed by atoms with van der Waals surface area (Å²) in [5.74, 6) is 3.26. The highest BCUT2D eigenvalue weighted by atomic mass is 16.3. The Labute approximate surface area is 215 Å². The van der Waals surface area contributed by atoms with Crippen molar-refractivity contribution in [1.82, 2.24) is 9.97 Å². The van der Waals surface area contributed by atoms with Crippen molar-refractivity contribution < 1.29 is 8.83 Å². The Morgan fingerprint density at radius 2 is 1.50 bits per heavy atom. The van der Waals surface area contributed by atoms with Gasteiger partial charge in [0.1, 0.15) is 17.3 Å². The standard InChI is InChI=1S/C15H13NO2.C10H14.C7H9N/c1-10-5-6-15(18-10)13-8-12(9-16-11(13)2)14-4-3-7-17-14;1-3-9(2)10-7-5-4-6-8-10;1-6-4-3-5-7(2)8-6/h3-9H,1-2H3;4-9H,3H2,1-2H3;3-5H,1-2H3/t;9-;/m.0./s1. The van der Waals surface area contributed by atoms with Crippen LogP contribution in [0.3, 0.4) is 0 Å². The van der Waals surface area contributed by atoms with Crippen LogP contribution in [-0.2, 0) is 0 Å². The van der Waals surface area contributed by atoms with Crippen molar-refractivity contribution >= 4 is 0 Å². The smallest absolute Gasteiger partial charge is 0.136 e. The maximum atomic E-state index is 5.65. The Bertz CT molecular complexity index is 1300. The molecule has 0 unspecified atom stereocenters. The van der Waals surface area contributed by atoms with E-state index in [4.69, 9.17) is 8.83 Å². The summed E-state index contributed by atoms with van der Waals surface area (Å²) in [4.78, 5) is 8.57. The first kappa shape index (κ1) is 26.7. The van der Waals surface area contributed by atoms with Gasteiger partial charge in [-0.15, -0.1) is 0 Å². The van der Waals surface area contributed by atoms with Crippen LogP contribution < -0.4 is 0 Å². The molecule has 0 fully saturated rings. The summed E-state index contributed by atoms with van der Waals surface area (Å²) in [5.41, 5.74) is 6.52. The molecule has 0 aliphatic heterocycles. The molecule has 4 aromatic heterocycles. The minimum Gasteiger partial charge on any atom is -0.464 e. The number of hydrogen-bond acceptors (Lipinski definition) is 4. The predicted molar refractivity (Wildman–Crippen MR) is 148 cm³/mol. The fraction of sp³-hybridized carbons (Fsp3) is 0.250. The molecule has 0 amide bonds. The normalized spacial score (nSPS) is 11.1. The number of aryl methyl sites for hydroxylation is 4. The van der Waals surface area contributed by atoms with E-state index in [1.807, 2.05) is 82.4 Å². The zero-order chi connectivity index (χ0) is 25.9. The molecule has 1 atom stereocenters. The van der Waals surface area contributed by atoms with Gasteiger partial charge in [0, 0.05) is 34.4 Å². The average molecular weight is 481 g/mol. The lowest BCUT2D eigenvalue weighted by molar-refractivity contribution is 0.547. The van der Waals surface area contributed by atoms with E-state index >= 15 is 0 Å². The molecule has 186 valence electrons. The minimum atomic E-state index is 0.709. The average Bonchev–Trinajstić information content (AvgIpc) is 3.57. The summed E-state index contributed by atoms with van der Waals surface area (Å²) < 4.78 is 11.0. The summed E-state index contributed by atoms with van der Waals surface area (Å²) in [6.45, 7) is 12.4. The summed E-state index contributed by atoms with van der Waals surface area (Å²) in [5, 5.41) is 0. The lowest BCUT2D eigenvalue weighted by Crippen LogP contribution is -1.88. The van der Waals surface area contributed by atoms with Gasteiger partial charge in [0.05, 0.1) is 6.26 Å². The molecule has 0 bridgehead atoms. The number of pyridine rings is 2. The van der Waals surface area contributed by atoms with Crippen molar-refractivity contribution in [1.29, 1.82) is 0 Å². The maximum Gasteiger partial charge on any atom is 0.136 e. The Kier molecular flexibility index (Phi) is 9.82. The van der Waals surface area contributed by atoms with Gasteiger partial charge in [0.2, 0.25) is 0 Å². The van der Waals surface area contributed by atoms with E-state index < -0.39 is 0 Å². The Morgan fingerprint density at radius 3 is 2.03 bits per heavy atom. The zero-order valence-corrected chi connectivity index (χ0v) is 22.2. The molecule has 0 saturated carbocycles. The third-order valence-corrected chi connectivity index (χ3v) is 5.91. The van der Waals surface area contributed by atoms with Crippen LogP contribution in [0.5, 0.6) is 0 Å². The van der Waals surface area contributed by atoms with Gasteiger partial charge in [-0.25, -0.2) is 0 Å². The molecule has 4 heteroatoms. The van der Waals surface area contributed by atoms with Gasteiger partial charge in [0.15, 0.2) is 0 Å². The highest BCUT2D eigenvalue weighted by Crippen LogP contribution is 2.29. The summed E-state index contributed by atoms with van der Waals surface area (Å²) in [7, 11) is 0. The molecule has 4 heterocycles. The quantitative estimate of drug-likeness (QED) is 0.257. The third kappa shape index (κ3) is 7.81. The topological polar surface area (TPSA) is 52.1 Å². The zero-order valence-electron chi connectivity index (χ0n) is 22.2. The van der Waals surface area contributed by atoms with Crippen LogP contribution in [0.2, 0.25) is 0 Å². The highest BCUT2D eigenvalue weighted by Gasteiger charge is 2.10. The number of furan rings is 2. The van der Waals surface area contributed by atoms with Crippen LogP contribution in [0.4, 0.5) is 0 Å². The second-order valence-electron chi connectivity index (χ2n) is 8.88. The van der Waals surface area contributed by atoms with E-state index in [2.05, 4.69) is 54.1 Å². The van der Waals surface area contributed by atoms with Crippen LogP contribution in [0, 0.1) is 27.7 Å². The minimum absolute atomic E-state index is 0.709. The molecular formula is C32H36N2O2. The number of nitrogens with zero attached hydrogens (tertiary/aromatic N) is 2. The van der Waals surface area contributed by atoms with E-state index in [9.17, 15) is 0 Å². The van der Waals surface area contributed by atoms with Crippen LogP contribution >= 0.6 is 0 Å². The van der Waals surface area contributed by atoms with Crippen molar-refractivity contribution in [2.75, 3.05) is 0 Å². The number of rotatable bonds is 4. The van der Waals surface area contributed by atoms with E-state index in [1.165, 1.54) is 12.0 Å². The number of benzene rings is 1. The Hall–Kier alpha value is -3.92. The van der Waals surface area contributed by atoms with Gasteiger partial charge in [0.25, 0.3) is 0 Å². The molecule has 36 heavy (non-hydrogen) atoms. The first-order valence-electron chi connectivity index (χ1n) is 12.4.